The summed E-state index contributed by atoms with van der Waals surface area (Å²) >= 11 is 3.28. The van der Waals surface area contributed by atoms with Gasteiger partial charge in [0.05, 0.1) is 0 Å². The van der Waals surface area contributed by atoms with E-state index in [0.717, 1.165) is 11.8 Å². The van der Waals surface area contributed by atoms with Gasteiger partial charge in [0.1, 0.15) is 10.7 Å². The summed E-state index contributed by atoms with van der Waals surface area (Å²) in [5, 5.41) is 2.84. The lowest BCUT2D eigenvalue weighted by molar-refractivity contribution is 0.401. The second-order valence-electron chi connectivity index (χ2n) is 5.94. The third kappa shape index (κ3) is 3.57. The summed E-state index contributed by atoms with van der Waals surface area (Å²) in [6, 6.07) is 1.59. The Morgan fingerprint density at radius 3 is 2.48 bits per heavy atom. The highest BCUT2D eigenvalue weighted by Crippen LogP contribution is 2.48. The molecule has 116 valence electrons. The van der Waals surface area contributed by atoms with Crippen LogP contribution >= 0.6 is 15.9 Å². The minimum Gasteiger partial charge on any atom is -0.372 e. The number of pyridine rings is 1. The average molecular weight is 374 g/mol. The van der Waals surface area contributed by atoms with Crippen LogP contribution < -0.4 is 10.0 Å². The molecule has 2 fully saturated rings. The Kier molecular flexibility index (Phi) is 4.25. The molecule has 0 atom stereocenters. The molecule has 2 aliphatic carbocycles. The summed E-state index contributed by atoms with van der Waals surface area (Å²) < 4.78 is 28.5. The molecule has 0 unspecified atom stereocenters. The fraction of sp³-hybridized carbons (Fsp3) is 0.643. The third-order valence-corrected chi connectivity index (χ3v) is 6.18. The van der Waals surface area contributed by atoms with Crippen molar-refractivity contribution in [1.29, 1.82) is 0 Å². The van der Waals surface area contributed by atoms with Crippen molar-refractivity contribution in [2.45, 2.75) is 30.6 Å². The second kappa shape index (κ2) is 5.85. The molecule has 1 aromatic rings. The van der Waals surface area contributed by atoms with Crippen LogP contribution in [-0.4, -0.2) is 27.0 Å². The maximum absolute atomic E-state index is 12.5. The van der Waals surface area contributed by atoms with Crippen LogP contribution in [0.3, 0.4) is 0 Å². The molecule has 7 heteroatoms. The topological polar surface area (TPSA) is 71.1 Å². The summed E-state index contributed by atoms with van der Waals surface area (Å²) in [5.74, 6) is 2.34. The van der Waals surface area contributed by atoms with Crippen molar-refractivity contribution < 1.29 is 8.42 Å². The highest BCUT2D eigenvalue weighted by molar-refractivity contribution is 9.10. The number of nitrogens with one attached hydrogen (secondary N) is 2. The number of rotatable bonds is 7. The molecule has 1 heterocycles. The average Bonchev–Trinajstić information content (AvgIpc) is 3.32. The first-order valence-corrected chi connectivity index (χ1v) is 9.62. The van der Waals surface area contributed by atoms with Crippen LogP contribution in [0.25, 0.3) is 0 Å². The van der Waals surface area contributed by atoms with E-state index in [9.17, 15) is 8.42 Å². The molecule has 0 saturated heterocycles. The summed E-state index contributed by atoms with van der Waals surface area (Å²) in [4.78, 5) is 4.31. The second-order valence-corrected chi connectivity index (χ2v) is 8.59. The van der Waals surface area contributed by atoms with E-state index in [-0.39, 0.29) is 4.90 Å². The molecule has 3 rings (SSSR count). The molecule has 0 spiro atoms. The quantitative estimate of drug-likeness (QED) is 0.770. The van der Waals surface area contributed by atoms with Crippen molar-refractivity contribution in [2.75, 3.05) is 18.9 Å². The van der Waals surface area contributed by atoms with Gasteiger partial charge in [-0.1, -0.05) is 0 Å². The van der Waals surface area contributed by atoms with E-state index >= 15 is 0 Å². The van der Waals surface area contributed by atoms with Crippen LogP contribution in [0.2, 0.25) is 0 Å². The van der Waals surface area contributed by atoms with Gasteiger partial charge >= 0.3 is 0 Å². The van der Waals surface area contributed by atoms with Crippen LogP contribution in [0.4, 0.5) is 5.82 Å². The predicted octanol–water partition coefficient (Wildman–Crippen LogP) is 2.60. The number of hydrogen-bond donors (Lipinski definition) is 2. The number of halogens is 1. The zero-order valence-corrected chi connectivity index (χ0v) is 14.4. The molecule has 1 aromatic heterocycles. The van der Waals surface area contributed by atoms with Crippen molar-refractivity contribution in [3.05, 3.63) is 16.7 Å². The van der Waals surface area contributed by atoms with E-state index in [1.54, 1.807) is 19.3 Å². The summed E-state index contributed by atoms with van der Waals surface area (Å²) in [5.41, 5.74) is 0. The van der Waals surface area contributed by atoms with Gasteiger partial charge in [-0.25, -0.2) is 18.1 Å². The van der Waals surface area contributed by atoms with Crippen LogP contribution in [0.1, 0.15) is 25.7 Å². The standard InChI is InChI=1S/C14H20BrN3O2S/c1-16-14-13(6-11(15)7-17-14)21(19,20)18-8-12(9-2-3-9)10-4-5-10/h6-7,9-10,12,18H,2-5,8H2,1H3,(H,16,17). The van der Waals surface area contributed by atoms with Gasteiger partial charge in [0.25, 0.3) is 0 Å². The zero-order chi connectivity index (χ0) is 15.0. The Hall–Kier alpha value is -0.660. The van der Waals surface area contributed by atoms with Crippen molar-refractivity contribution in [2.24, 2.45) is 17.8 Å². The van der Waals surface area contributed by atoms with Crippen LogP contribution in [0, 0.1) is 17.8 Å². The minimum absolute atomic E-state index is 0.199. The van der Waals surface area contributed by atoms with Crippen LogP contribution in [0.15, 0.2) is 21.6 Å². The highest BCUT2D eigenvalue weighted by atomic mass is 79.9. The van der Waals surface area contributed by atoms with Gasteiger partial charge in [-0.05, 0) is 65.4 Å². The fourth-order valence-electron chi connectivity index (χ4n) is 2.86. The summed E-state index contributed by atoms with van der Waals surface area (Å²) in [6.45, 7) is 0.549. The van der Waals surface area contributed by atoms with Crippen LogP contribution in [0.5, 0.6) is 0 Å². The molecule has 2 saturated carbocycles. The molecular weight excluding hydrogens is 354 g/mol. The Bertz CT molecular complexity index is 615. The fourth-order valence-corrected chi connectivity index (χ4v) is 4.61. The van der Waals surface area contributed by atoms with Crippen molar-refractivity contribution in [3.8, 4) is 0 Å². The number of nitrogens with zero attached hydrogens (tertiary/aromatic N) is 1. The lowest BCUT2D eigenvalue weighted by atomic mass is 9.99. The molecule has 2 N–H and O–H groups in total. The van der Waals surface area contributed by atoms with Crippen molar-refractivity contribution in [1.82, 2.24) is 9.71 Å². The van der Waals surface area contributed by atoms with E-state index < -0.39 is 10.0 Å². The summed E-state index contributed by atoms with van der Waals surface area (Å²) in [6.07, 6.45) is 6.60. The Morgan fingerprint density at radius 2 is 1.95 bits per heavy atom. The van der Waals surface area contributed by atoms with Gasteiger partial charge in [0, 0.05) is 24.3 Å². The minimum atomic E-state index is -3.54. The smallest absolute Gasteiger partial charge is 0.244 e. The zero-order valence-electron chi connectivity index (χ0n) is 12.0. The van der Waals surface area contributed by atoms with Gasteiger partial charge < -0.3 is 5.32 Å². The predicted molar refractivity (Wildman–Crippen MR) is 85.6 cm³/mol. The first-order valence-electron chi connectivity index (χ1n) is 7.34. The molecule has 0 radical (unpaired) electrons. The number of anilines is 1. The molecular formula is C14H20BrN3O2S. The molecule has 0 aromatic carbocycles. The molecule has 21 heavy (non-hydrogen) atoms. The number of aromatic nitrogens is 1. The van der Waals surface area contributed by atoms with Gasteiger partial charge in [0.2, 0.25) is 10.0 Å². The maximum Gasteiger partial charge on any atom is 0.244 e. The van der Waals surface area contributed by atoms with E-state index in [2.05, 4.69) is 31.0 Å². The van der Waals surface area contributed by atoms with E-state index in [1.165, 1.54) is 25.7 Å². The Labute approximate surface area is 134 Å². The van der Waals surface area contributed by atoms with Gasteiger partial charge in [-0.3, -0.25) is 0 Å². The number of sulfonamides is 1. The normalized spacial score (nSPS) is 19.0. The van der Waals surface area contributed by atoms with Gasteiger partial charge in [-0.2, -0.15) is 0 Å². The lowest BCUT2D eigenvalue weighted by Gasteiger charge is -2.17. The SMILES string of the molecule is CNc1ncc(Br)cc1S(=O)(=O)NCC(C1CC1)C1CC1. The van der Waals surface area contributed by atoms with Crippen molar-refractivity contribution in [3.63, 3.8) is 0 Å². The molecule has 2 aliphatic rings. The van der Waals surface area contributed by atoms with E-state index in [0.29, 0.717) is 22.8 Å². The van der Waals surface area contributed by atoms with Gasteiger partial charge in [-0.15, -0.1) is 0 Å². The Morgan fingerprint density at radius 1 is 1.33 bits per heavy atom. The van der Waals surface area contributed by atoms with E-state index in [4.69, 9.17) is 0 Å². The van der Waals surface area contributed by atoms with Crippen LogP contribution in [-0.2, 0) is 10.0 Å². The molecule has 5 nitrogen and oxygen atoms in total. The molecule has 0 aliphatic heterocycles. The van der Waals surface area contributed by atoms with Crippen molar-refractivity contribution >= 4 is 31.8 Å². The monoisotopic (exact) mass is 373 g/mol. The summed E-state index contributed by atoms with van der Waals surface area (Å²) in [7, 11) is -1.86. The first-order chi connectivity index (χ1) is 10.0. The largest absolute Gasteiger partial charge is 0.372 e. The van der Waals surface area contributed by atoms with E-state index in [1.807, 2.05) is 0 Å². The maximum atomic E-state index is 12.5. The first kappa shape index (κ1) is 15.2. The lowest BCUT2D eigenvalue weighted by Crippen LogP contribution is -2.31. The molecule has 0 bridgehead atoms. The molecule has 0 amide bonds. The van der Waals surface area contributed by atoms with Gasteiger partial charge in [0.15, 0.2) is 0 Å². The Balaban J connectivity index is 1.75. The number of hydrogen-bond acceptors (Lipinski definition) is 4. The highest BCUT2D eigenvalue weighted by Gasteiger charge is 2.41. The third-order valence-electron chi connectivity index (χ3n) is 4.31.